The number of ether oxygens (including phenoxy) is 3. The third-order valence-electron chi connectivity index (χ3n) is 4.61. The van der Waals surface area contributed by atoms with Gasteiger partial charge in [-0.05, 0) is 54.6 Å². The summed E-state index contributed by atoms with van der Waals surface area (Å²) in [7, 11) is 3.04. The summed E-state index contributed by atoms with van der Waals surface area (Å²) in [4.78, 5) is 36.1. The number of rotatable bonds is 9. The van der Waals surface area contributed by atoms with Crippen molar-refractivity contribution in [1.29, 1.82) is 0 Å². The summed E-state index contributed by atoms with van der Waals surface area (Å²) in [6, 6.07) is 18.3. The van der Waals surface area contributed by atoms with Gasteiger partial charge >= 0.3 is 0 Å². The minimum Gasteiger partial charge on any atom is -0.497 e. The molecule has 0 aromatic heterocycles. The standard InChI is InChI=1S/C25H25N3O6/c1-16(29)26-22-14-19(9-12-23(22)33-3)28-25(31)17-7-10-20(11-8-17)34-15-24(30)27-18-5-4-6-21(13-18)32-2/h4-14H,15H2,1-3H3,(H,26,29)(H,27,30)(H,28,31). The smallest absolute Gasteiger partial charge is 0.262 e. The second-order valence-corrected chi connectivity index (χ2v) is 7.14. The molecule has 0 bridgehead atoms. The highest BCUT2D eigenvalue weighted by atomic mass is 16.5. The van der Waals surface area contributed by atoms with Crippen molar-refractivity contribution >= 4 is 34.8 Å². The Morgan fingerprint density at radius 1 is 0.765 bits per heavy atom. The van der Waals surface area contributed by atoms with Crippen molar-refractivity contribution in [3.05, 3.63) is 72.3 Å². The van der Waals surface area contributed by atoms with Gasteiger partial charge in [-0.2, -0.15) is 0 Å². The third kappa shape index (κ3) is 6.73. The van der Waals surface area contributed by atoms with Gasteiger partial charge in [0.05, 0.1) is 19.9 Å². The predicted molar refractivity (Wildman–Crippen MR) is 129 cm³/mol. The van der Waals surface area contributed by atoms with Gasteiger partial charge in [-0.15, -0.1) is 0 Å². The van der Waals surface area contributed by atoms with Gasteiger partial charge in [0.1, 0.15) is 17.2 Å². The second-order valence-electron chi connectivity index (χ2n) is 7.14. The summed E-state index contributed by atoms with van der Waals surface area (Å²) in [5, 5.41) is 8.15. The molecule has 9 heteroatoms. The highest BCUT2D eigenvalue weighted by molar-refractivity contribution is 6.05. The molecule has 0 saturated carbocycles. The zero-order valence-corrected chi connectivity index (χ0v) is 19.0. The second kappa shape index (κ2) is 11.4. The Bertz CT molecular complexity index is 1180. The molecule has 176 valence electrons. The Labute approximate surface area is 197 Å². The zero-order valence-electron chi connectivity index (χ0n) is 19.0. The third-order valence-corrected chi connectivity index (χ3v) is 4.61. The Kier molecular flexibility index (Phi) is 8.07. The van der Waals surface area contributed by atoms with E-state index in [0.717, 1.165) is 0 Å². The zero-order chi connectivity index (χ0) is 24.5. The normalized spacial score (nSPS) is 10.1. The van der Waals surface area contributed by atoms with E-state index in [-0.39, 0.29) is 24.3 Å². The molecule has 3 amide bonds. The largest absolute Gasteiger partial charge is 0.497 e. The van der Waals surface area contributed by atoms with E-state index in [1.165, 1.54) is 14.0 Å². The van der Waals surface area contributed by atoms with Gasteiger partial charge in [0.25, 0.3) is 11.8 Å². The quantitative estimate of drug-likeness (QED) is 0.443. The molecule has 34 heavy (non-hydrogen) atoms. The minimum atomic E-state index is -0.346. The van der Waals surface area contributed by atoms with Crippen molar-refractivity contribution in [3.8, 4) is 17.2 Å². The molecule has 0 aliphatic rings. The molecule has 0 heterocycles. The van der Waals surface area contributed by atoms with Crippen LogP contribution in [-0.4, -0.2) is 38.5 Å². The maximum absolute atomic E-state index is 12.6. The number of carbonyl (C=O) groups excluding carboxylic acids is 3. The van der Waals surface area contributed by atoms with E-state index in [1.54, 1.807) is 73.8 Å². The Balaban J connectivity index is 1.56. The van der Waals surface area contributed by atoms with Crippen molar-refractivity contribution < 1.29 is 28.6 Å². The number of benzene rings is 3. The summed E-state index contributed by atoms with van der Waals surface area (Å²) >= 11 is 0. The summed E-state index contributed by atoms with van der Waals surface area (Å²) in [5.74, 6) is 0.619. The monoisotopic (exact) mass is 463 g/mol. The van der Waals surface area contributed by atoms with E-state index >= 15 is 0 Å². The first kappa shape index (κ1) is 24.1. The van der Waals surface area contributed by atoms with Crippen LogP contribution < -0.4 is 30.2 Å². The average Bonchev–Trinajstić information content (AvgIpc) is 2.83. The molecule has 3 aromatic rings. The molecule has 0 saturated heterocycles. The summed E-state index contributed by atoms with van der Waals surface area (Å²) in [6.45, 7) is 1.19. The fraction of sp³-hybridized carbons (Fsp3) is 0.160. The van der Waals surface area contributed by atoms with Gasteiger partial charge in [0.2, 0.25) is 5.91 Å². The molecule has 0 radical (unpaired) electrons. The van der Waals surface area contributed by atoms with Crippen LogP contribution in [0.15, 0.2) is 66.7 Å². The van der Waals surface area contributed by atoms with Crippen LogP contribution in [0.2, 0.25) is 0 Å². The number of methoxy groups -OCH3 is 2. The lowest BCUT2D eigenvalue weighted by atomic mass is 10.2. The Hall–Kier alpha value is -4.53. The van der Waals surface area contributed by atoms with E-state index in [9.17, 15) is 14.4 Å². The molecule has 0 aliphatic heterocycles. The molecule has 9 nitrogen and oxygen atoms in total. The minimum absolute atomic E-state index is 0.194. The predicted octanol–water partition coefficient (Wildman–Crippen LogP) is 3.93. The number of amides is 3. The van der Waals surface area contributed by atoms with Crippen molar-refractivity contribution in [2.75, 3.05) is 36.8 Å². The van der Waals surface area contributed by atoms with Gasteiger partial charge < -0.3 is 30.2 Å². The van der Waals surface area contributed by atoms with E-state index in [4.69, 9.17) is 14.2 Å². The van der Waals surface area contributed by atoms with Crippen molar-refractivity contribution in [1.82, 2.24) is 0 Å². The first-order chi connectivity index (χ1) is 16.4. The average molecular weight is 463 g/mol. The Morgan fingerprint density at radius 3 is 2.18 bits per heavy atom. The first-order valence-electron chi connectivity index (χ1n) is 10.3. The summed E-state index contributed by atoms with van der Waals surface area (Å²) in [5.41, 5.74) is 1.93. The molecule has 3 rings (SSSR count). The van der Waals surface area contributed by atoms with E-state index in [1.807, 2.05) is 0 Å². The number of hydrogen-bond donors (Lipinski definition) is 3. The van der Waals surface area contributed by atoms with E-state index in [0.29, 0.717) is 39.9 Å². The molecule has 3 aromatic carbocycles. The van der Waals surface area contributed by atoms with Gasteiger partial charge in [0.15, 0.2) is 6.61 Å². The van der Waals surface area contributed by atoms with Crippen LogP contribution in [0, 0.1) is 0 Å². The van der Waals surface area contributed by atoms with Gasteiger partial charge in [-0.1, -0.05) is 6.07 Å². The first-order valence-corrected chi connectivity index (χ1v) is 10.3. The molecule has 0 atom stereocenters. The van der Waals surface area contributed by atoms with Crippen LogP contribution in [-0.2, 0) is 9.59 Å². The van der Waals surface area contributed by atoms with Crippen LogP contribution in [0.25, 0.3) is 0 Å². The molecular formula is C25H25N3O6. The fourth-order valence-electron chi connectivity index (χ4n) is 3.03. The number of anilines is 3. The Morgan fingerprint density at radius 2 is 1.50 bits per heavy atom. The van der Waals surface area contributed by atoms with Crippen LogP contribution in [0.1, 0.15) is 17.3 Å². The molecule has 0 unspecified atom stereocenters. The van der Waals surface area contributed by atoms with Gasteiger partial charge in [-0.25, -0.2) is 0 Å². The SMILES string of the molecule is COc1cccc(NC(=O)COc2ccc(C(=O)Nc3ccc(OC)c(NC(C)=O)c3)cc2)c1. The maximum Gasteiger partial charge on any atom is 0.262 e. The molecule has 0 aliphatic carbocycles. The van der Waals surface area contributed by atoms with Crippen LogP contribution in [0.5, 0.6) is 17.2 Å². The van der Waals surface area contributed by atoms with E-state index < -0.39 is 0 Å². The molecule has 3 N–H and O–H groups in total. The summed E-state index contributed by atoms with van der Waals surface area (Å²) in [6.07, 6.45) is 0. The van der Waals surface area contributed by atoms with Crippen LogP contribution >= 0.6 is 0 Å². The number of nitrogens with one attached hydrogen (secondary N) is 3. The van der Waals surface area contributed by atoms with Gasteiger partial charge in [0, 0.05) is 29.9 Å². The van der Waals surface area contributed by atoms with Crippen molar-refractivity contribution in [3.63, 3.8) is 0 Å². The van der Waals surface area contributed by atoms with Crippen LogP contribution in [0.4, 0.5) is 17.1 Å². The molecule has 0 spiro atoms. The lowest BCUT2D eigenvalue weighted by Crippen LogP contribution is -2.20. The maximum atomic E-state index is 12.6. The lowest BCUT2D eigenvalue weighted by molar-refractivity contribution is -0.118. The number of carbonyl (C=O) groups is 3. The molecule has 0 fully saturated rings. The summed E-state index contributed by atoms with van der Waals surface area (Å²) < 4.78 is 15.8. The lowest BCUT2D eigenvalue weighted by Gasteiger charge is -2.12. The van der Waals surface area contributed by atoms with Crippen molar-refractivity contribution in [2.45, 2.75) is 6.92 Å². The fourth-order valence-corrected chi connectivity index (χ4v) is 3.03. The highest BCUT2D eigenvalue weighted by Gasteiger charge is 2.11. The topological polar surface area (TPSA) is 115 Å². The van der Waals surface area contributed by atoms with Crippen LogP contribution in [0.3, 0.4) is 0 Å². The van der Waals surface area contributed by atoms with Crippen molar-refractivity contribution in [2.24, 2.45) is 0 Å². The highest BCUT2D eigenvalue weighted by Crippen LogP contribution is 2.28. The van der Waals surface area contributed by atoms with Gasteiger partial charge in [-0.3, -0.25) is 14.4 Å². The molecular weight excluding hydrogens is 438 g/mol. The number of hydrogen-bond acceptors (Lipinski definition) is 6. The van der Waals surface area contributed by atoms with E-state index in [2.05, 4.69) is 16.0 Å².